The number of anilines is 2. The van der Waals surface area contributed by atoms with E-state index in [4.69, 9.17) is 11.5 Å². The summed E-state index contributed by atoms with van der Waals surface area (Å²) in [6, 6.07) is 11.0. The molecule has 0 amide bonds. The SMILES string of the molecule is Nc1ccc(N=[NH+]c2ccc3c(S(=O)(=O)O)cc(S(=O)(=O)O)cc3c2N)cc1. The fourth-order valence-electron chi connectivity index (χ4n) is 2.53. The molecular formula is C16H15N4O6S2+. The molecule has 0 saturated carbocycles. The second kappa shape index (κ2) is 6.83. The molecule has 0 saturated heterocycles. The lowest BCUT2D eigenvalue weighted by molar-refractivity contribution is -0.432. The van der Waals surface area contributed by atoms with Crippen molar-refractivity contribution < 1.29 is 31.1 Å². The zero-order valence-electron chi connectivity index (χ0n) is 14.1. The van der Waals surface area contributed by atoms with E-state index in [2.05, 4.69) is 10.2 Å². The average Bonchev–Trinajstić information content (AvgIpc) is 2.60. The van der Waals surface area contributed by atoms with Gasteiger partial charge in [0.2, 0.25) is 0 Å². The van der Waals surface area contributed by atoms with Gasteiger partial charge in [-0.25, -0.2) is 0 Å². The molecule has 3 aromatic carbocycles. The Labute approximate surface area is 160 Å². The molecule has 0 atom stereocenters. The molecule has 0 aromatic heterocycles. The minimum atomic E-state index is -4.79. The van der Waals surface area contributed by atoms with E-state index in [0.29, 0.717) is 17.4 Å². The van der Waals surface area contributed by atoms with E-state index >= 15 is 0 Å². The number of fused-ring (bicyclic) bond motifs is 1. The van der Waals surface area contributed by atoms with Crippen molar-refractivity contribution in [2.24, 2.45) is 5.11 Å². The lowest BCUT2D eigenvalue weighted by atomic mass is 10.1. The third-order valence-corrected chi connectivity index (χ3v) is 5.61. The van der Waals surface area contributed by atoms with Gasteiger partial charge in [0.1, 0.15) is 16.3 Å². The van der Waals surface area contributed by atoms with Gasteiger partial charge in [0.15, 0.2) is 0 Å². The lowest BCUT2D eigenvalue weighted by Crippen LogP contribution is -2.57. The Bertz CT molecular complexity index is 1320. The Morgan fingerprint density at radius 1 is 0.821 bits per heavy atom. The summed E-state index contributed by atoms with van der Waals surface area (Å²) >= 11 is 0. The summed E-state index contributed by atoms with van der Waals surface area (Å²) in [5, 5.41) is 6.76. The summed E-state index contributed by atoms with van der Waals surface area (Å²) in [7, 11) is -9.54. The van der Waals surface area contributed by atoms with E-state index in [1.165, 1.54) is 12.1 Å². The first-order valence-corrected chi connectivity index (χ1v) is 10.5. The Morgan fingerprint density at radius 2 is 1.46 bits per heavy atom. The first-order valence-electron chi connectivity index (χ1n) is 7.60. The van der Waals surface area contributed by atoms with Crippen molar-refractivity contribution in [1.29, 1.82) is 0 Å². The monoisotopic (exact) mass is 423 g/mol. The highest BCUT2D eigenvalue weighted by atomic mass is 32.2. The summed E-state index contributed by atoms with van der Waals surface area (Å²) < 4.78 is 65.0. The van der Waals surface area contributed by atoms with Crippen LogP contribution in [0.25, 0.3) is 10.8 Å². The minimum Gasteiger partial charge on any atom is -0.399 e. The van der Waals surface area contributed by atoms with Crippen molar-refractivity contribution in [1.82, 2.24) is 0 Å². The normalized spacial score (nSPS) is 12.6. The van der Waals surface area contributed by atoms with Gasteiger partial charge in [-0.15, -0.1) is 0 Å². The van der Waals surface area contributed by atoms with Crippen LogP contribution in [0.3, 0.4) is 0 Å². The third-order valence-electron chi connectivity index (χ3n) is 3.89. The second-order valence-corrected chi connectivity index (χ2v) is 8.62. The van der Waals surface area contributed by atoms with Crippen LogP contribution in [-0.2, 0) is 20.2 Å². The predicted molar refractivity (Wildman–Crippen MR) is 102 cm³/mol. The molecule has 0 aliphatic rings. The molecule has 28 heavy (non-hydrogen) atoms. The fraction of sp³-hybridized carbons (Fsp3) is 0. The van der Waals surface area contributed by atoms with Gasteiger partial charge in [0.25, 0.3) is 25.9 Å². The Kier molecular flexibility index (Phi) is 4.81. The van der Waals surface area contributed by atoms with Crippen molar-refractivity contribution in [3.05, 3.63) is 48.5 Å². The van der Waals surface area contributed by atoms with E-state index in [0.717, 1.165) is 6.07 Å². The second-order valence-electron chi connectivity index (χ2n) is 5.81. The number of nitrogens with one attached hydrogen (secondary N) is 1. The molecule has 3 rings (SSSR count). The summed E-state index contributed by atoms with van der Waals surface area (Å²) in [5.74, 6) is 0. The minimum absolute atomic E-state index is 0.0137. The van der Waals surface area contributed by atoms with E-state index in [9.17, 15) is 25.9 Å². The largest absolute Gasteiger partial charge is 0.399 e. The van der Waals surface area contributed by atoms with Crippen molar-refractivity contribution >= 4 is 53.8 Å². The summed E-state index contributed by atoms with van der Waals surface area (Å²) in [4.78, 5) is -1.43. The molecule has 7 N–H and O–H groups in total. The topological polar surface area (TPSA) is 187 Å². The quantitative estimate of drug-likeness (QED) is 0.233. The van der Waals surface area contributed by atoms with Crippen LogP contribution < -0.4 is 16.6 Å². The highest BCUT2D eigenvalue weighted by molar-refractivity contribution is 7.86. The molecule has 0 unspecified atom stereocenters. The van der Waals surface area contributed by atoms with Gasteiger partial charge in [-0.3, -0.25) is 9.11 Å². The van der Waals surface area contributed by atoms with Gasteiger partial charge >= 0.3 is 0 Å². The van der Waals surface area contributed by atoms with Gasteiger partial charge in [-0.05, 0) is 47.6 Å². The number of benzene rings is 3. The molecule has 3 aromatic rings. The van der Waals surface area contributed by atoms with E-state index < -0.39 is 30.0 Å². The van der Waals surface area contributed by atoms with Gasteiger partial charge in [-0.1, -0.05) is 5.11 Å². The Morgan fingerprint density at radius 3 is 2.04 bits per heavy atom. The third kappa shape index (κ3) is 3.94. The standard InChI is InChI=1S/C16H14N4O6S2/c17-9-1-3-10(4-2-9)19-20-14-6-5-12-13(16(14)18)7-11(27(21,22)23)8-15(12)28(24,25)26/h1-8H,17-18H2,(H,21,22,23)(H,24,25,26)/p+1. The van der Waals surface area contributed by atoms with E-state index in [1.54, 1.807) is 24.3 Å². The van der Waals surface area contributed by atoms with Gasteiger partial charge in [0, 0.05) is 22.5 Å². The van der Waals surface area contributed by atoms with Crippen LogP contribution in [0, 0.1) is 0 Å². The summed E-state index contributed by atoms with van der Waals surface area (Å²) in [5.41, 5.74) is 12.9. The van der Waals surface area contributed by atoms with Crippen LogP contribution in [0.1, 0.15) is 0 Å². The number of azo groups is 1. The number of nitrogen functional groups attached to an aromatic ring is 2. The molecule has 0 fully saturated rings. The molecule has 0 spiro atoms. The van der Waals surface area contributed by atoms with Crippen molar-refractivity contribution in [2.45, 2.75) is 9.79 Å². The number of hydrogen-bond donors (Lipinski definition) is 5. The van der Waals surface area contributed by atoms with Crippen LogP contribution in [0.15, 0.2) is 63.4 Å². The van der Waals surface area contributed by atoms with Crippen LogP contribution in [0.2, 0.25) is 0 Å². The average molecular weight is 423 g/mol. The van der Waals surface area contributed by atoms with Crippen molar-refractivity contribution in [2.75, 3.05) is 11.5 Å². The van der Waals surface area contributed by atoms with Gasteiger partial charge in [-0.2, -0.15) is 16.8 Å². The van der Waals surface area contributed by atoms with Crippen LogP contribution in [0.5, 0.6) is 0 Å². The van der Waals surface area contributed by atoms with E-state index in [1.807, 2.05) is 0 Å². The van der Waals surface area contributed by atoms with Gasteiger partial charge < -0.3 is 11.5 Å². The molecule has 0 aliphatic heterocycles. The molecule has 12 heteroatoms. The highest BCUT2D eigenvalue weighted by Crippen LogP contribution is 2.33. The number of hydrogen-bond acceptors (Lipinski definition) is 7. The van der Waals surface area contributed by atoms with E-state index in [-0.39, 0.29) is 22.1 Å². The smallest absolute Gasteiger partial charge is 0.295 e. The molecule has 0 aliphatic carbocycles. The van der Waals surface area contributed by atoms with Gasteiger partial charge in [0.05, 0.1) is 4.90 Å². The first-order chi connectivity index (χ1) is 13.0. The molecule has 0 heterocycles. The number of rotatable bonds is 4. The lowest BCUT2D eigenvalue weighted by Gasteiger charge is -2.08. The maximum Gasteiger partial charge on any atom is 0.295 e. The predicted octanol–water partition coefficient (Wildman–Crippen LogP) is 0.994. The summed E-state index contributed by atoms with van der Waals surface area (Å²) in [6.07, 6.45) is 0. The van der Waals surface area contributed by atoms with Crippen molar-refractivity contribution in [3.8, 4) is 0 Å². The number of nitrogens with two attached hydrogens (primary N) is 2. The molecule has 0 radical (unpaired) electrons. The molecule has 0 bridgehead atoms. The maximum atomic E-state index is 11.7. The summed E-state index contributed by atoms with van der Waals surface area (Å²) in [6.45, 7) is 0. The maximum absolute atomic E-state index is 11.7. The first kappa shape index (κ1) is 19.7. The van der Waals surface area contributed by atoms with Crippen LogP contribution in [0.4, 0.5) is 22.7 Å². The van der Waals surface area contributed by atoms with Crippen molar-refractivity contribution in [3.63, 3.8) is 0 Å². The Hall–Kier alpha value is -3.06. The zero-order valence-corrected chi connectivity index (χ0v) is 15.7. The number of nitrogens with zero attached hydrogens (tertiary/aromatic N) is 1. The molecule has 10 nitrogen and oxygen atoms in total. The molecular weight excluding hydrogens is 408 g/mol. The van der Waals surface area contributed by atoms with Crippen LogP contribution in [-0.4, -0.2) is 25.9 Å². The Balaban J connectivity index is 2.23. The molecule has 146 valence electrons. The fourth-order valence-corrected chi connectivity index (χ4v) is 3.87. The van der Waals surface area contributed by atoms with Crippen LogP contribution >= 0.6 is 0 Å². The zero-order chi connectivity index (χ0) is 20.7. The highest BCUT2D eigenvalue weighted by Gasteiger charge is 2.23.